The fourth-order valence-corrected chi connectivity index (χ4v) is 2.50. The van der Waals surface area contributed by atoms with E-state index < -0.39 is 6.61 Å². The maximum atomic E-state index is 12.1. The lowest BCUT2D eigenvalue weighted by Crippen LogP contribution is -2.11. The van der Waals surface area contributed by atoms with Crippen molar-refractivity contribution in [3.05, 3.63) is 30.0 Å². The molecule has 3 rings (SSSR count). The Kier molecular flexibility index (Phi) is 4.45. The molecule has 3 heterocycles. The second-order valence-electron chi connectivity index (χ2n) is 5.11. The van der Waals surface area contributed by atoms with Crippen molar-refractivity contribution in [2.24, 2.45) is 0 Å². The summed E-state index contributed by atoms with van der Waals surface area (Å²) in [7, 11) is 0. The number of alkyl halides is 2. The summed E-state index contributed by atoms with van der Waals surface area (Å²) in [6.45, 7) is -1.41. The maximum absolute atomic E-state index is 12.1. The van der Waals surface area contributed by atoms with Gasteiger partial charge < -0.3 is 14.6 Å². The van der Waals surface area contributed by atoms with E-state index in [0.29, 0.717) is 12.4 Å². The van der Waals surface area contributed by atoms with Gasteiger partial charge in [-0.2, -0.15) is 8.78 Å². The van der Waals surface area contributed by atoms with Crippen LogP contribution in [0.2, 0.25) is 0 Å². The van der Waals surface area contributed by atoms with Crippen LogP contribution < -0.4 is 10.1 Å². The Morgan fingerprint density at radius 1 is 1.23 bits per heavy atom. The van der Waals surface area contributed by atoms with Crippen LogP contribution in [-0.4, -0.2) is 26.4 Å². The molecule has 22 heavy (non-hydrogen) atoms. The molecule has 1 aliphatic heterocycles. The Morgan fingerprint density at radius 2 is 2.14 bits per heavy atom. The Balaban J connectivity index is 1.62. The molecule has 0 unspecified atom stereocenters. The van der Waals surface area contributed by atoms with Crippen molar-refractivity contribution in [3.63, 3.8) is 0 Å². The van der Waals surface area contributed by atoms with Gasteiger partial charge in [0.1, 0.15) is 17.4 Å². The smallest absolute Gasteiger partial charge is 0.387 e. The van der Waals surface area contributed by atoms with E-state index in [1.54, 1.807) is 6.07 Å². The molecule has 118 valence electrons. The summed E-state index contributed by atoms with van der Waals surface area (Å²) in [6.07, 6.45) is 5.72. The maximum Gasteiger partial charge on any atom is 0.387 e. The van der Waals surface area contributed by atoms with E-state index in [9.17, 15) is 8.78 Å². The summed E-state index contributed by atoms with van der Waals surface area (Å²) in [6, 6.07) is 3.04. The number of nitrogens with one attached hydrogen (secondary N) is 1. The molecule has 0 bridgehead atoms. The number of hydrogen-bond donors (Lipinski definition) is 1. The van der Waals surface area contributed by atoms with E-state index in [-0.39, 0.29) is 5.75 Å². The van der Waals surface area contributed by atoms with Gasteiger partial charge in [0.25, 0.3) is 0 Å². The molecular formula is C14H17F2N5O. The summed E-state index contributed by atoms with van der Waals surface area (Å²) in [4.78, 5) is 4.03. The second-order valence-corrected chi connectivity index (χ2v) is 5.11. The SMILES string of the molecule is FC(F)Oc1ccc(NCc2nnc3n2CCCCC3)nc1. The summed E-state index contributed by atoms with van der Waals surface area (Å²) in [5, 5.41) is 11.6. The number of fused-ring (bicyclic) bond motifs is 1. The first-order chi connectivity index (χ1) is 10.7. The minimum Gasteiger partial charge on any atom is -0.433 e. The standard InChI is InChI=1S/C14H17F2N5O/c15-14(16)22-10-5-6-11(17-8-10)18-9-13-20-19-12-4-2-1-3-7-21(12)13/h5-6,8,14H,1-4,7,9H2,(H,17,18). The van der Waals surface area contributed by atoms with Crippen LogP contribution in [-0.2, 0) is 19.5 Å². The largest absolute Gasteiger partial charge is 0.433 e. The van der Waals surface area contributed by atoms with Crippen LogP contribution in [0.5, 0.6) is 5.75 Å². The average Bonchev–Trinajstić information content (AvgIpc) is 2.73. The molecule has 1 aliphatic rings. The van der Waals surface area contributed by atoms with E-state index >= 15 is 0 Å². The topological polar surface area (TPSA) is 64.9 Å². The fourth-order valence-electron chi connectivity index (χ4n) is 2.50. The molecule has 0 radical (unpaired) electrons. The fraction of sp³-hybridized carbons (Fsp3) is 0.500. The quantitative estimate of drug-likeness (QED) is 0.919. The molecule has 2 aromatic rings. The predicted molar refractivity (Wildman–Crippen MR) is 75.8 cm³/mol. The molecule has 8 heteroatoms. The van der Waals surface area contributed by atoms with Crippen LogP contribution in [0, 0.1) is 0 Å². The van der Waals surface area contributed by atoms with Gasteiger partial charge in [-0.1, -0.05) is 6.42 Å². The Bertz CT molecular complexity index is 614. The molecule has 6 nitrogen and oxygen atoms in total. The summed E-state index contributed by atoms with van der Waals surface area (Å²) < 4.78 is 30.5. The normalized spacial score (nSPS) is 14.5. The molecule has 0 saturated heterocycles. The van der Waals surface area contributed by atoms with Gasteiger partial charge in [-0.25, -0.2) is 4.98 Å². The van der Waals surface area contributed by atoms with Crippen molar-refractivity contribution < 1.29 is 13.5 Å². The van der Waals surface area contributed by atoms with Gasteiger partial charge in [0.05, 0.1) is 12.7 Å². The van der Waals surface area contributed by atoms with Crippen LogP contribution in [0.3, 0.4) is 0 Å². The lowest BCUT2D eigenvalue weighted by Gasteiger charge is -2.09. The van der Waals surface area contributed by atoms with Crippen molar-refractivity contribution in [2.45, 2.75) is 45.4 Å². The van der Waals surface area contributed by atoms with Gasteiger partial charge in [-0.15, -0.1) is 10.2 Å². The predicted octanol–water partition coefficient (Wildman–Crippen LogP) is 2.61. The highest BCUT2D eigenvalue weighted by Crippen LogP contribution is 2.17. The third-order valence-electron chi connectivity index (χ3n) is 3.58. The summed E-state index contributed by atoms with van der Waals surface area (Å²) >= 11 is 0. The number of hydrogen-bond acceptors (Lipinski definition) is 5. The first kappa shape index (κ1) is 14.7. The minimum absolute atomic E-state index is 0.0388. The van der Waals surface area contributed by atoms with Gasteiger partial charge in [0, 0.05) is 13.0 Å². The summed E-state index contributed by atoms with van der Waals surface area (Å²) in [5.74, 6) is 2.51. The van der Waals surface area contributed by atoms with Crippen molar-refractivity contribution in [3.8, 4) is 5.75 Å². The Hall–Kier alpha value is -2.25. The van der Waals surface area contributed by atoms with Crippen LogP contribution in [0.1, 0.15) is 30.9 Å². The zero-order chi connectivity index (χ0) is 15.4. The van der Waals surface area contributed by atoms with Gasteiger partial charge in [0.15, 0.2) is 5.82 Å². The Morgan fingerprint density at radius 3 is 2.91 bits per heavy atom. The first-order valence-electron chi connectivity index (χ1n) is 7.28. The molecule has 0 spiro atoms. The first-order valence-corrected chi connectivity index (χ1v) is 7.28. The molecule has 0 aromatic carbocycles. The minimum atomic E-state index is -2.84. The molecule has 0 aliphatic carbocycles. The van der Waals surface area contributed by atoms with Gasteiger partial charge >= 0.3 is 6.61 Å². The van der Waals surface area contributed by atoms with Crippen LogP contribution in [0.15, 0.2) is 18.3 Å². The molecular weight excluding hydrogens is 292 g/mol. The third kappa shape index (κ3) is 3.49. The summed E-state index contributed by atoms with van der Waals surface area (Å²) in [5.41, 5.74) is 0. The number of ether oxygens (including phenoxy) is 1. The number of aryl methyl sites for hydroxylation is 1. The number of halogens is 2. The van der Waals surface area contributed by atoms with Crippen molar-refractivity contribution >= 4 is 5.82 Å². The van der Waals surface area contributed by atoms with Crippen molar-refractivity contribution in [1.82, 2.24) is 19.7 Å². The van der Waals surface area contributed by atoms with Crippen LogP contribution >= 0.6 is 0 Å². The lowest BCUT2D eigenvalue weighted by atomic mass is 10.2. The van der Waals surface area contributed by atoms with Gasteiger partial charge in [-0.05, 0) is 25.0 Å². The van der Waals surface area contributed by atoms with Crippen molar-refractivity contribution in [1.29, 1.82) is 0 Å². The number of aromatic nitrogens is 4. The highest BCUT2D eigenvalue weighted by molar-refractivity contribution is 5.37. The Labute approximate surface area is 126 Å². The monoisotopic (exact) mass is 309 g/mol. The number of anilines is 1. The number of rotatable bonds is 5. The molecule has 0 saturated carbocycles. The van der Waals surface area contributed by atoms with Gasteiger partial charge in [-0.3, -0.25) is 0 Å². The van der Waals surface area contributed by atoms with Crippen molar-refractivity contribution in [2.75, 3.05) is 5.32 Å². The molecule has 0 amide bonds. The highest BCUT2D eigenvalue weighted by Gasteiger charge is 2.14. The highest BCUT2D eigenvalue weighted by atomic mass is 19.3. The van der Waals surface area contributed by atoms with Crippen LogP contribution in [0.4, 0.5) is 14.6 Å². The van der Waals surface area contributed by atoms with E-state index in [1.807, 2.05) is 0 Å². The zero-order valence-electron chi connectivity index (χ0n) is 12.0. The third-order valence-corrected chi connectivity index (χ3v) is 3.58. The average molecular weight is 309 g/mol. The molecule has 0 atom stereocenters. The van der Waals surface area contributed by atoms with Gasteiger partial charge in [0.2, 0.25) is 0 Å². The van der Waals surface area contributed by atoms with Crippen LogP contribution in [0.25, 0.3) is 0 Å². The number of pyridine rings is 1. The second kappa shape index (κ2) is 6.67. The molecule has 2 aromatic heterocycles. The zero-order valence-corrected chi connectivity index (χ0v) is 12.0. The van der Waals surface area contributed by atoms with E-state index in [0.717, 1.165) is 37.5 Å². The lowest BCUT2D eigenvalue weighted by molar-refractivity contribution is -0.0500. The van der Waals surface area contributed by atoms with E-state index in [1.165, 1.54) is 18.7 Å². The van der Waals surface area contributed by atoms with E-state index in [4.69, 9.17) is 0 Å². The number of nitrogens with zero attached hydrogens (tertiary/aromatic N) is 4. The molecule has 0 fully saturated rings. The van der Waals surface area contributed by atoms with E-state index in [2.05, 4.69) is 29.8 Å². The molecule has 1 N–H and O–H groups in total.